The molecule has 0 bridgehead atoms. The van der Waals surface area contributed by atoms with Gasteiger partial charge in [0.15, 0.2) is 0 Å². The average Bonchev–Trinajstić information content (AvgIpc) is 2.62. The SMILES string of the molecule is CC(C)=NOC(=O)C(Cc1ccccc1)Oc1nc(F)c(Cl)c(N)c1Cl. The zero-order valence-electron chi connectivity index (χ0n) is 14.0. The molecule has 1 unspecified atom stereocenters. The van der Waals surface area contributed by atoms with E-state index in [4.69, 9.17) is 38.5 Å². The van der Waals surface area contributed by atoms with Gasteiger partial charge in [-0.05, 0) is 19.4 Å². The van der Waals surface area contributed by atoms with E-state index in [0.29, 0.717) is 5.71 Å². The number of hydrogen-bond acceptors (Lipinski definition) is 6. The predicted octanol–water partition coefficient (Wildman–Crippen LogP) is 4.04. The van der Waals surface area contributed by atoms with Crippen molar-refractivity contribution >= 4 is 40.6 Å². The summed E-state index contributed by atoms with van der Waals surface area (Å²) in [5, 5.41) is 3.00. The van der Waals surface area contributed by atoms with Gasteiger partial charge in [-0.2, -0.15) is 9.37 Å². The van der Waals surface area contributed by atoms with Gasteiger partial charge in [-0.15, -0.1) is 0 Å². The summed E-state index contributed by atoms with van der Waals surface area (Å²) in [5.74, 6) is -2.21. The van der Waals surface area contributed by atoms with Crippen LogP contribution in [0.5, 0.6) is 5.88 Å². The number of carbonyl (C=O) groups excluding carboxylic acids is 1. The number of nitrogens with zero attached hydrogens (tertiary/aromatic N) is 2. The minimum Gasteiger partial charge on any atom is -0.461 e. The van der Waals surface area contributed by atoms with Crippen LogP contribution in [0, 0.1) is 5.95 Å². The van der Waals surface area contributed by atoms with Gasteiger partial charge in [0.25, 0.3) is 0 Å². The third-order valence-electron chi connectivity index (χ3n) is 3.14. The maximum absolute atomic E-state index is 13.8. The minimum atomic E-state index is -1.18. The average molecular weight is 400 g/mol. The lowest BCUT2D eigenvalue weighted by Crippen LogP contribution is -2.31. The first-order chi connectivity index (χ1) is 12.3. The Morgan fingerprint density at radius 2 is 1.92 bits per heavy atom. The van der Waals surface area contributed by atoms with Crippen LogP contribution in [0.1, 0.15) is 19.4 Å². The number of anilines is 1. The predicted molar refractivity (Wildman–Crippen MR) is 98.1 cm³/mol. The van der Waals surface area contributed by atoms with Gasteiger partial charge in [0.05, 0.1) is 11.4 Å². The largest absolute Gasteiger partial charge is 0.461 e. The van der Waals surface area contributed by atoms with Gasteiger partial charge in [0, 0.05) is 6.42 Å². The van der Waals surface area contributed by atoms with Crippen molar-refractivity contribution in [2.75, 3.05) is 5.73 Å². The van der Waals surface area contributed by atoms with Gasteiger partial charge in [0.1, 0.15) is 10.0 Å². The third-order valence-corrected chi connectivity index (χ3v) is 3.87. The summed E-state index contributed by atoms with van der Waals surface area (Å²) in [5.41, 5.74) is 6.71. The van der Waals surface area contributed by atoms with E-state index in [-0.39, 0.29) is 23.0 Å². The minimum absolute atomic E-state index is 0.125. The smallest absolute Gasteiger partial charge is 0.375 e. The maximum atomic E-state index is 13.8. The Morgan fingerprint density at radius 3 is 2.54 bits per heavy atom. The fourth-order valence-electron chi connectivity index (χ4n) is 1.92. The van der Waals surface area contributed by atoms with E-state index >= 15 is 0 Å². The highest BCUT2D eigenvalue weighted by atomic mass is 35.5. The highest BCUT2D eigenvalue weighted by molar-refractivity contribution is 6.39. The van der Waals surface area contributed by atoms with Crippen molar-refractivity contribution in [1.82, 2.24) is 4.98 Å². The van der Waals surface area contributed by atoms with Crippen molar-refractivity contribution in [2.45, 2.75) is 26.4 Å². The molecule has 2 rings (SSSR count). The van der Waals surface area contributed by atoms with Gasteiger partial charge < -0.3 is 15.3 Å². The topological polar surface area (TPSA) is 86.8 Å². The number of benzene rings is 1. The number of hydrogen-bond donors (Lipinski definition) is 1. The van der Waals surface area contributed by atoms with Gasteiger partial charge in [0.2, 0.25) is 17.9 Å². The summed E-state index contributed by atoms with van der Waals surface area (Å²) in [6, 6.07) is 9.03. The normalized spacial score (nSPS) is 11.6. The maximum Gasteiger partial charge on any atom is 0.375 e. The number of nitrogen functional groups attached to an aromatic ring is 1. The van der Waals surface area contributed by atoms with Gasteiger partial charge in [-0.3, -0.25) is 0 Å². The molecular weight excluding hydrogens is 384 g/mol. The Balaban J connectivity index is 2.32. The first kappa shape index (κ1) is 19.9. The lowest BCUT2D eigenvalue weighted by Gasteiger charge is -2.17. The Kier molecular flexibility index (Phi) is 6.76. The lowest BCUT2D eigenvalue weighted by molar-refractivity contribution is -0.152. The van der Waals surface area contributed by atoms with Crippen LogP contribution in [0.15, 0.2) is 35.5 Å². The van der Waals surface area contributed by atoms with Crippen molar-refractivity contribution in [3.05, 3.63) is 51.9 Å². The number of rotatable bonds is 6. The molecule has 0 saturated heterocycles. The Hall–Kier alpha value is -2.38. The van der Waals surface area contributed by atoms with Crippen LogP contribution in [0.25, 0.3) is 0 Å². The van der Waals surface area contributed by atoms with Crippen LogP contribution < -0.4 is 10.5 Å². The van der Waals surface area contributed by atoms with Crippen molar-refractivity contribution in [1.29, 1.82) is 0 Å². The standard InChI is InChI=1S/C17H16Cl2FN3O3/c1-9(2)23-26-17(24)11(8-10-6-4-3-5-7-10)25-16-13(19)14(21)12(18)15(20)22-16/h3-7,11H,8H2,1-2H3,(H2,21,22). The number of halogens is 3. The summed E-state index contributed by atoms with van der Waals surface area (Å²) in [6.07, 6.45) is -1.05. The molecule has 0 saturated carbocycles. The third kappa shape index (κ3) is 5.06. The van der Waals surface area contributed by atoms with E-state index < -0.39 is 23.0 Å². The fourth-order valence-corrected chi connectivity index (χ4v) is 2.29. The molecule has 9 heteroatoms. The van der Waals surface area contributed by atoms with Gasteiger partial charge in [-0.1, -0.05) is 58.7 Å². The van der Waals surface area contributed by atoms with Crippen molar-refractivity contribution in [2.24, 2.45) is 5.16 Å². The van der Waals surface area contributed by atoms with Gasteiger partial charge in [-0.25, -0.2) is 4.79 Å². The van der Waals surface area contributed by atoms with E-state index in [2.05, 4.69) is 10.1 Å². The molecule has 2 aromatic rings. The Morgan fingerprint density at radius 1 is 1.27 bits per heavy atom. The number of carbonyl (C=O) groups is 1. The van der Waals surface area contributed by atoms with E-state index in [1.807, 2.05) is 6.07 Å². The number of ether oxygens (including phenoxy) is 1. The van der Waals surface area contributed by atoms with E-state index in [9.17, 15) is 9.18 Å². The molecule has 1 aromatic carbocycles. The molecule has 138 valence electrons. The summed E-state index contributed by atoms with van der Waals surface area (Å²) in [4.78, 5) is 20.7. The van der Waals surface area contributed by atoms with E-state index in [1.54, 1.807) is 38.1 Å². The number of pyridine rings is 1. The first-order valence-corrected chi connectivity index (χ1v) is 8.27. The van der Waals surface area contributed by atoms with Crippen LogP contribution in [0.2, 0.25) is 10.0 Å². The molecule has 0 aliphatic carbocycles. The monoisotopic (exact) mass is 399 g/mol. The van der Waals surface area contributed by atoms with Crippen LogP contribution in [0.4, 0.5) is 10.1 Å². The van der Waals surface area contributed by atoms with Crippen LogP contribution in [-0.4, -0.2) is 22.8 Å². The molecule has 1 aromatic heterocycles. The molecule has 1 atom stereocenters. The summed E-state index contributed by atoms with van der Waals surface area (Å²) in [6.45, 7) is 3.32. The summed E-state index contributed by atoms with van der Waals surface area (Å²) < 4.78 is 19.2. The second-order valence-corrected chi connectivity index (χ2v) is 6.25. The van der Waals surface area contributed by atoms with E-state index in [0.717, 1.165) is 5.56 Å². The summed E-state index contributed by atoms with van der Waals surface area (Å²) in [7, 11) is 0. The lowest BCUT2D eigenvalue weighted by atomic mass is 10.1. The van der Waals surface area contributed by atoms with Crippen LogP contribution in [-0.2, 0) is 16.1 Å². The van der Waals surface area contributed by atoms with Gasteiger partial charge >= 0.3 is 5.97 Å². The van der Waals surface area contributed by atoms with Crippen molar-refractivity contribution < 1.29 is 18.8 Å². The number of oxime groups is 1. The van der Waals surface area contributed by atoms with E-state index in [1.165, 1.54) is 0 Å². The Labute approximate surface area is 159 Å². The molecule has 0 spiro atoms. The Bertz CT molecular complexity index is 828. The first-order valence-electron chi connectivity index (χ1n) is 7.52. The molecule has 0 fully saturated rings. The van der Waals surface area contributed by atoms with Crippen LogP contribution in [0.3, 0.4) is 0 Å². The molecule has 0 amide bonds. The summed E-state index contributed by atoms with van der Waals surface area (Å²) >= 11 is 11.7. The quantitative estimate of drug-likeness (QED) is 0.342. The molecule has 2 N–H and O–H groups in total. The molecule has 0 radical (unpaired) electrons. The number of nitrogens with two attached hydrogens (primary N) is 1. The van der Waals surface area contributed by atoms with Crippen LogP contribution >= 0.6 is 23.2 Å². The fraction of sp³-hybridized carbons (Fsp3) is 0.235. The van der Waals surface area contributed by atoms with Crippen molar-refractivity contribution in [3.63, 3.8) is 0 Å². The molecular formula is C17H16Cl2FN3O3. The zero-order valence-corrected chi connectivity index (χ0v) is 15.5. The second kappa shape index (κ2) is 8.82. The molecule has 0 aliphatic heterocycles. The molecule has 1 heterocycles. The number of aromatic nitrogens is 1. The molecule has 6 nitrogen and oxygen atoms in total. The molecule has 0 aliphatic rings. The van der Waals surface area contributed by atoms with Crippen molar-refractivity contribution in [3.8, 4) is 5.88 Å². The molecule has 26 heavy (non-hydrogen) atoms. The highest BCUT2D eigenvalue weighted by Gasteiger charge is 2.27. The highest BCUT2D eigenvalue weighted by Crippen LogP contribution is 2.36. The zero-order chi connectivity index (χ0) is 19.3. The second-order valence-electron chi connectivity index (χ2n) is 5.49.